The van der Waals surface area contributed by atoms with Crippen LogP contribution >= 0.6 is 0 Å². The zero-order chi connectivity index (χ0) is 12.6. The van der Waals surface area contributed by atoms with Gasteiger partial charge in [0.05, 0.1) is 6.42 Å². The minimum Gasteiger partial charge on any atom is -0.462 e. The van der Waals surface area contributed by atoms with Gasteiger partial charge in [0, 0.05) is 0 Å². The summed E-state index contributed by atoms with van der Waals surface area (Å²) in [6.07, 6.45) is 10.1. The lowest BCUT2D eigenvalue weighted by Gasteiger charge is -2.21. The number of esters is 1. The summed E-state index contributed by atoms with van der Waals surface area (Å²) in [5.41, 5.74) is 1.11. The second-order valence-electron chi connectivity index (χ2n) is 4.77. The number of rotatable bonds is 4. The standard InChI is InChI=1S/C16H20O2/c17-16(18-15-11-5-2-6-12-15)13-7-10-14-8-3-1-4-9-14/h1,3-4,7-10,15H,2,5-6,11-13H2/b10-7+. The van der Waals surface area contributed by atoms with Crippen molar-refractivity contribution in [2.24, 2.45) is 0 Å². The molecule has 2 heteroatoms. The van der Waals surface area contributed by atoms with Gasteiger partial charge in [-0.1, -0.05) is 48.9 Å². The minimum atomic E-state index is -0.103. The Morgan fingerprint density at radius 2 is 1.89 bits per heavy atom. The van der Waals surface area contributed by atoms with Crippen molar-refractivity contribution in [1.29, 1.82) is 0 Å². The predicted octanol–water partition coefficient (Wildman–Crippen LogP) is 3.97. The van der Waals surface area contributed by atoms with Crippen LogP contribution in [0, 0.1) is 0 Å². The normalized spacial score (nSPS) is 16.9. The van der Waals surface area contributed by atoms with Crippen molar-refractivity contribution in [3.63, 3.8) is 0 Å². The Balaban J connectivity index is 1.72. The maximum atomic E-state index is 11.6. The Labute approximate surface area is 109 Å². The van der Waals surface area contributed by atoms with E-state index in [1.807, 2.05) is 42.5 Å². The molecule has 0 atom stereocenters. The molecule has 1 aliphatic carbocycles. The van der Waals surface area contributed by atoms with E-state index in [0.29, 0.717) is 6.42 Å². The number of hydrogen-bond donors (Lipinski definition) is 0. The molecule has 1 aromatic rings. The molecule has 0 N–H and O–H groups in total. The lowest BCUT2D eigenvalue weighted by atomic mass is 9.98. The molecule has 0 bridgehead atoms. The molecular formula is C16H20O2. The summed E-state index contributed by atoms with van der Waals surface area (Å²) < 4.78 is 5.44. The summed E-state index contributed by atoms with van der Waals surface area (Å²) in [4.78, 5) is 11.6. The molecule has 0 aromatic heterocycles. The van der Waals surface area contributed by atoms with Crippen LogP contribution < -0.4 is 0 Å². The topological polar surface area (TPSA) is 26.3 Å². The van der Waals surface area contributed by atoms with Crippen molar-refractivity contribution in [2.75, 3.05) is 0 Å². The van der Waals surface area contributed by atoms with Gasteiger partial charge in [0.15, 0.2) is 0 Å². The summed E-state index contributed by atoms with van der Waals surface area (Å²) in [5, 5.41) is 0. The van der Waals surface area contributed by atoms with Gasteiger partial charge < -0.3 is 4.74 Å². The van der Waals surface area contributed by atoms with Gasteiger partial charge in [-0.05, 0) is 31.2 Å². The van der Waals surface area contributed by atoms with Crippen LogP contribution in [0.3, 0.4) is 0 Å². The zero-order valence-electron chi connectivity index (χ0n) is 10.7. The second kappa shape index (κ2) is 7.00. The molecule has 1 fully saturated rings. The van der Waals surface area contributed by atoms with Crippen LogP contribution in [0.4, 0.5) is 0 Å². The van der Waals surface area contributed by atoms with Crippen molar-refractivity contribution < 1.29 is 9.53 Å². The molecule has 0 unspecified atom stereocenters. The molecule has 0 saturated heterocycles. The Bertz CT molecular complexity index is 389. The molecule has 1 aromatic carbocycles. The molecule has 96 valence electrons. The van der Waals surface area contributed by atoms with E-state index in [4.69, 9.17) is 4.74 Å². The smallest absolute Gasteiger partial charge is 0.309 e. The van der Waals surface area contributed by atoms with Crippen molar-refractivity contribution in [1.82, 2.24) is 0 Å². The fraction of sp³-hybridized carbons (Fsp3) is 0.438. The molecule has 18 heavy (non-hydrogen) atoms. The van der Waals surface area contributed by atoms with Crippen LogP contribution in [0.25, 0.3) is 6.08 Å². The lowest BCUT2D eigenvalue weighted by molar-refractivity contribution is -0.149. The Hall–Kier alpha value is -1.57. The maximum absolute atomic E-state index is 11.6. The quantitative estimate of drug-likeness (QED) is 0.749. The van der Waals surface area contributed by atoms with Gasteiger partial charge in [-0.2, -0.15) is 0 Å². The first kappa shape index (κ1) is 12.9. The Morgan fingerprint density at radius 1 is 1.17 bits per heavy atom. The first-order chi connectivity index (χ1) is 8.84. The summed E-state index contributed by atoms with van der Waals surface area (Å²) in [7, 11) is 0. The van der Waals surface area contributed by atoms with Gasteiger partial charge in [0.25, 0.3) is 0 Å². The average molecular weight is 244 g/mol. The third-order valence-corrected chi connectivity index (χ3v) is 3.24. The predicted molar refractivity (Wildman–Crippen MR) is 73.1 cm³/mol. The summed E-state index contributed by atoms with van der Waals surface area (Å²) in [6, 6.07) is 9.99. The fourth-order valence-corrected chi connectivity index (χ4v) is 2.27. The van der Waals surface area contributed by atoms with Gasteiger partial charge in [-0.15, -0.1) is 0 Å². The molecule has 1 saturated carbocycles. The molecule has 0 radical (unpaired) electrons. The number of carbonyl (C=O) groups excluding carboxylic acids is 1. The van der Waals surface area contributed by atoms with E-state index in [1.54, 1.807) is 0 Å². The monoisotopic (exact) mass is 244 g/mol. The fourth-order valence-electron chi connectivity index (χ4n) is 2.27. The van der Waals surface area contributed by atoms with Crippen LogP contribution in [-0.4, -0.2) is 12.1 Å². The SMILES string of the molecule is O=C(C/C=C/c1ccccc1)OC1CCCCC1. The third-order valence-electron chi connectivity index (χ3n) is 3.24. The summed E-state index contributed by atoms with van der Waals surface area (Å²) >= 11 is 0. The van der Waals surface area contributed by atoms with Crippen molar-refractivity contribution >= 4 is 12.0 Å². The van der Waals surface area contributed by atoms with Crippen LogP contribution in [0.5, 0.6) is 0 Å². The number of carbonyl (C=O) groups is 1. The van der Waals surface area contributed by atoms with Gasteiger partial charge in [-0.25, -0.2) is 0 Å². The third kappa shape index (κ3) is 4.36. The molecule has 2 rings (SSSR count). The molecule has 0 heterocycles. The van der Waals surface area contributed by atoms with Crippen molar-refractivity contribution in [2.45, 2.75) is 44.6 Å². The van der Waals surface area contributed by atoms with Gasteiger partial charge in [-0.3, -0.25) is 4.79 Å². The molecule has 0 amide bonds. The van der Waals surface area contributed by atoms with E-state index in [-0.39, 0.29) is 12.1 Å². The Kier molecular flexibility index (Phi) is 5.00. The van der Waals surface area contributed by atoms with Crippen LogP contribution in [-0.2, 0) is 9.53 Å². The van der Waals surface area contributed by atoms with Crippen LogP contribution in [0.15, 0.2) is 36.4 Å². The number of hydrogen-bond acceptors (Lipinski definition) is 2. The van der Waals surface area contributed by atoms with Crippen LogP contribution in [0.1, 0.15) is 44.1 Å². The average Bonchev–Trinajstić information content (AvgIpc) is 2.41. The Morgan fingerprint density at radius 3 is 2.61 bits per heavy atom. The largest absolute Gasteiger partial charge is 0.462 e. The highest BCUT2D eigenvalue weighted by molar-refractivity contribution is 5.72. The minimum absolute atomic E-state index is 0.103. The highest BCUT2D eigenvalue weighted by Crippen LogP contribution is 2.20. The van der Waals surface area contributed by atoms with Crippen molar-refractivity contribution in [3.8, 4) is 0 Å². The summed E-state index contributed by atoms with van der Waals surface area (Å²) in [5.74, 6) is -0.103. The lowest BCUT2D eigenvalue weighted by Crippen LogP contribution is -2.20. The maximum Gasteiger partial charge on any atom is 0.309 e. The highest BCUT2D eigenvalue weighted by Gasteiger charge is 2.16. The molecule has 0 aliphatic heterocycles. The van der Waals surface area contributed by atoms with E-state index in [1.165, 1.54) is 19.3 Å². The zero-order valence-corrected chi connectivity index (χ0v) is 10.7. The molecule has 2 nitrogen and oxygen atoms in total. The first-order valence-electron chi connectivity index (χ1n) is 6.75. The second-order valence-corrected chi connectivity index (χ2v) is 4.77. The van der Waals surface area contributed by atoms with Crippen molar-refractivity contribution in [3.05, 3.63) is 42.0 Å². The number of ether oxygens (including phenoxy) is 1. The summed E-state index contributed by atoms with van der Waals surface area (Å²) in [6.45, 7) is 0. The van der Waals surface area contributed by atoms with E-state index in [2.05, 4.69) is 0 Å². The van der Waals surface area contributed by atoms with Gasteiger partial charge in [0.2, 0.25) is 0 Å². The molecule has 0 spiro atoms. The first-order valence-corrected chi connectivity index (χ1v) is 6.75. The van der Waals surface area contributed by atoms with E-state index < -0.39 is 0 Å². The van der Waals surface area contributed by atoms with E-state index in [0.717, 1.165) is 18.4 Å². The van der Waals surface area contributed by atoms with Crippen LogP contribution in [0.2, 0.25) is 0 Å². The van der Waals surface area contributed by atoms with Gasteiger partial charge >= 0.3 is 5.97 Å². The molecular weight excluding hydrogens is 224 g/mol. The van der Waals surface area contributed by atoms with Gasteiger partial charge in [0.1, 0.15) is 6.10 Å². The molecule has 1 aliphatic rings. The van der Waals surface area contributed by atoms with E-state index >= 15 is 0 Å². The number of benzene rings is 1. The van der Waals surface area contributed by atoms with E-state index in [9.17, 15) is 4.79 Å². The highest BCUT2D eigenvalue weighted by atomic mass is 16.5.